The van der Waals surface area contributed by atoms with E-state index in [4.69, 9.17) is 4.42 Å². The third-order valence-electron chi connectivity index (χ3n) is 7.00. The maximum absolute atomic E-state index is 12.9. The van der Waals surface area contributed by atoms with E-state index in [1.165, 1.54) is 18.3 Å². The molecule has 156 valence electrons. The van der Waals surface area contributed by atoms with Crippen molar-refractivity contribution in [1.29, 1.82) is 0 Å². The number of nitro benzene ring substituents is 1. The maximum atomic E-state index is 12.9. The predicted molar refractivity (Wildman–Crippen MR) is 113 cm³/mol. The highest BCUT2D eigenvalue weighted by molar-refractivity contribution is 9.10. The number of halogens is 1. The number of carbonyl (C=O) groups is 2. The van der Waals surface area contributed by atoms with Crippen molar-refractivity contribution in [2.24, 2.45) is 40.6 Å². The van der Waals surface area contributed by atoms with Crippen LogP contribution in [0.5, 0.6) is 0 Å². The third-order valence-corrected chi connectivity index (χ3v) is 7.65. The van der Waals surface area contributed by atoms with Crippen molar-refractivity contribution in [2.75, 3.05) is 0 Å². The number of hydrogen-bond acceptors (Lipinski definition) is 6. The van der Waals surface area contributed by atoms with Crippen molar-refractivity contribution in [3.05, 3.63) is 62.8 Å². The molecular formula is C22H16BrN3O5. The number of nitrogens with zero attached hydrogens (tertiary/aromatic N) is 3. The Balaban J connectivity index is 1.23. The molecule has 2 heterocycles. The fourth-order valence-corrected chi connectivity index (χ4v) is 6.12. The monoisotopic (exact) mass is 481 g/mol. The lowest BCUT2D eigenvalue weighted by atomic mass is 9.63. The van der Waals surface area contributed by atoms with Gasteiger partial charge in [0.2, 0.25) is 0 Å². The lowest BCUT2D eigenvalue weighted by Crippen LogP contribution is -2.40. The molecule has 5 aliphatic rings. The molecule has 8 nitrogen and oxygen atoms in total. The average molecular weight is 482 g/mol. The fraction of sp³-hybridized carbons (Fsp3) is 0.318. The summed E-state index contributed by atoms with van der Waals surface area (Å²) in [4.78, 5) is 36.3. The summed E-state index contributed by atoms with van der Waals surface area (Å²) in [7, 11) is 0. The first kappa shape index (κ1) is 18.7. The highest BCUT2D eigenvalue weighted by Crippen LogP contribution is 2.65. The van der Waals surface area contributed by atoms with E-state index in [9.17, 15) is 19.7 Å². The Bertz CT molecular complexity index is 1180. The van der Waals surface area contributed by atoms with Gasteiger partial charge in [-0.05, 0) is 64.2 Å². The van der Waals surface area contributed by atoms with Crippen LogP contribution in [0.1, 0.15) is 12.2 Å². The third kappa shape index (κ3) is 2.69. The number of imide groups is 1. The number of amides is 2. The Morgan fingerprint density at radius 1 is 1.10 bits per heavy atom. The Hall–Kier alpha value is -3.07. The zero-order valence-electron chi connectivity index (χ0n) is 16.1. The van der Waals surface area contributed by atoms with Gasteiger partial charge in [0.25, 0.3) is 17.5 Å². The molecule has 0 spiro atoms. The zero-order valence-corrected chi connectivity index (χ0v) is 17.6. The average Bonchev–Trinajstić information content (AvgIpc) is 3.40. The molecule has 1 aliphatic heterocycles. The van der Waals surface area contributed by atoms with Crippen molar-refractivity contribution < 1.29 is 18.9 Å². The Labute approximate surface area is 184 Å². The molecule has 2 saturated carbocycles. The van der Waals surface area contributed by atoms with Gasteiger partial charge in [-0.1, -0.05) is 12.2 Å². The number of furan rings is 1. The fourth-order valence-electron chi connectivity index (χ4n) is 5.55. The number of non-ortho nitro benzene ring substituents is 1. The van der Waals surface area contributed by atoms with Crippen LogP contribution in [0, 0.1) is 45.6 Å². The first-order valence-corrected chi connectivity index (χ1v) is 10.9. The summed E-state index contributed by atoms with van der Waals surface area (Å²) >= 11 is 3.33. The lowest BCUT2D eigenvalue weighted by Gasteiger charge is -2.37. The van der Waals surface area contributed by atoms with E-state index >= 15 is 0 Å². The van der Waals surface area contributed by atoms with Gasteiger partial charge in [-0.25, -0.2) is 0 Å². The van der Waals surface area contributed by atoms with Crippen LogP contribution in [-0.4, -0.2) is 28.0 Å². The van der Waals surface area contributed by atoms with E-state index in [2.05, 4.69) is 33.2 Å². The normalized spacial score (nSPS) is 32.6. The van der Waals surface area contributed by atoms with Crippen LogP contribution >= 0.6 is 15.9 Å². The second-order valence-electron chi connectivity index (χ2n) is 8.51. The zero-order chi connectivity index (χ0) is 21.4. The number of benzene rings is 1. The molecule has 9 heteroatoms. The number of hydrazone groups is 1. The molecule has 2 aromatic rings. The highest BCUT2D eigenvalue weighted by Gasteiger charge is 2.67. The minimum Gasteiger partial charge on any atom is -0.455 e. The lowest BCUT2D eigenvalue weighted by molar-refractivity contribution is -0.384. The number of rotatable bonds is 4. The first-order valence-electron chi connectivity index (χ1n) is 10.1. The minimum atomic E-state index is -0.471. The summed E-state index contributed by atoms with van der Waals surface area (Å²) in [5, 5.41) is 16.1. The van der Waals surface area contributed by atoms with Gasteiger partial charge in [-0.3, -0.25) is 19.7 Å². The highest BCUT2D eigenvalue weighted by atomic mass is 79.9. The maximum Gasteiger partial charge on any atom is 0.270 e. The molecule has 6 atom stereocenters. The van der Waals surface area contributed by atoms with E-state index in [-0.39, 0.29) is 41.2 Å². The van der Waals surface area contributed by atoms with E-state index in [1.807, 2.05) is 0 Å². The van der Waals surface area contributed by atoms with Gasteiger partial charge in [0.15, 0.2) is 0 Å². The summed E-state index contributed by atoms with van der Waals surface area (Å²) < 4.78 is 6.29. The van der Waals surface area contributed by atoms with Crippen LogP contribution in [0.15, 0.2) is 56.5 Å². The van der Waals surface area contributed by atoms with Crippen LogP contribution in [-0.2, 0) is 9.59 Å². The molecular weight excluding hydrogens is 466 g/mol. The summed E-state index contributed by atoms with van der Waals surface area (Å²) in [5.41, 5.74) is 0.615. The Morgan fingerprint density at radius 2 is 1.77 bits per heavy atom. The summed E-state index contributed by atoms with van der Waals surface area (Å²) in [6.45, 7) is 0. The molecule has 0 N–H and O–H groups in total. The van der Waals surface area contributed by atoms with Crippen molar-refractivity contribution in [3.8, 4) is 11.3 Å². The summed E-state index contributed by atoms with van der Waals surface area (Å²) in [6, 6.07) is 7.77. The summed E-state index contributed by atoms with van der Waals surface area (Å²) in [6.07, 6.45) is 6.73. The standard InChI is InChI=1S/C22H16BrN3O5/c23-17-7-10(26(29)30)1-3-14(17)18-6-2-11(31-18)9-24-25-21(27)19-12-4-5-13(16-8-15(12)16)20(19)22(25)28/h1-7,9,12-13,15-16,19-20H,8H2/b24-9+/t12-,13-,15-,16-,19-,20+/m1/s1. The van der Waals surface area contributed by atoms with Gasteiger partial charge in [0.1, 0.15) is 11.5 Å². The number of nitro groups is 1. The molecule has 4 aliphatic carbocycles. The van der Waals surface area contributed by atoms with E-state index in [1.54, 1.807) is 18.2 Å². The smallest absolute Gasteiger partial charge is 0.270 e. The predicted octanol–water partition coefficient (Wildman–Crippen LogP) is 4.00. The number of carbonyl (C=O) groups excluding carboxylic acids is 2. The van der Waals surface area contributed by atoms with Crippen molar-refractivity contribution >= 4 is 39.6 Å². The Kier molecular flexibility index (Phi) is 3.89. The molecule has 2 bridgehead atoms. The first-order chi connectivity index (χ1) is 14.9. The van der Waals surface area contributed by atoms with Crippen molar-refractivity contribution in [3.63, 3.8) is 0 Å². The topological polar surface area (TPSA) is 106 Å². The molecule has 2 amide bonds. The number of hydrogen-bond donors (Lipinski definition) is 0. The quantitative estimate of drug-likeness (QED) is 0.215. The Morgan fingerprint density at radius 3 is 2.39 bits per heavy atom. The van der Waals surface area contributed by atoms with E-state index in [0.717, 1.165) is 11.4 Å². The van der Waals surface area contributed by atoms with Crippen molar-refractivity contribution in [1.82, 2.24) is 5.01 Å². The van der Waals surface area contributed by atoms with Crippen LogP contribution in [0.3, 0.4) is 0 Å². The molecule has 1 aromatic carbocycles. The molecule has 0 unspecified atom stereocenters. The minimum absolute atomic E-state index is 0.0300. The van der Waals surface area contributed by atoms with Crippen LogP contribution in [0.4, 0.5) is 5.69 Å². The second-order valence-corrected chi connectivity index (χ2v) is 9.37. The molecule has 3 fully saturated rings. The summed E-state index contributed by atoms with van der Waals surface area (Å²) in [5.74, 6) is 1.25. The molecule has 1 aromatic heterocycles. The molecule has 1 saturated heterocycles. The van der Waals surface area contributed by atoms with E-state index < -0.39 is 4.92 Å². The van der Waals surface area contributed by atoms with Gasteiger partial charge in [0.05, 0.1) is 23.0 Å². The molecule has 0 radical (unpaired) electrons. The van der Waals surface area contributed by atoms with Crippen LogP contribution in [0.25, 0.3) is 11.3 Å². The second kappa shape index (κ2) is 6.46. The van der Waals surface area contributed by atoms with E-state index in [0.29, 0.717) is 33.4 Å². The van der Waals surface area contributed by atoms with Crippen molar-refractivity contribution in [2.45, 2.75) is 6.42 Å². The van der Waals surface area contributed by atoms with Crippen LogP contribution < -0.4 is 0 Å². The van der Waals surface area contributed by atoms with Gasteiger partial charge < -0.3 is 4.42 Å². The largest absolute Gasteiger partial charge is 0.455 e. The van der Waals surface area contributed by atoms with Gasteiger partial charge in [-0.2, -0.15) is 10.1 Å². The molecule has 7 rings (SSSR count). The van der Waals surface area contributed by atoms with Gasteiger partial charge in [0, 0.05) is 22.2 Å². The van der Waals surface area contributed by atoms with Crippen LogP contribution in [0.2, 0.25) is 0 Å². The molecule has 31 heavy (non-hydrogen) atoms. The SMILES string of the molecule is O=C1[C@@H]2[C@@H]3C=C[C@H]([C@H]4C[C@H]34)[C@@H]2C(=O)N1/N=C/c1ccc(-c2ccc([N+](=O)[O-])cc2Br)o1. The van der Waals surface area contributed by atoms with Gasteiger partial charge >= 0.3 is 0 Å². The van der Waals surface area contributed by atoms with Gasteiger partial charge in [-0.15, -0.1) is 0 Å². The number of allylic oxidation sites excluding steroid dienone is 2.